The van der Waals surface area contributed by atoms with E-state index >= 15 is 0 Å². The van der Waals surface area contributed by atoms with Crippen molar-refractivity contribution in [3.8, 4) is 0 Å². The van der Waals surface area contributed by atoms with E-state index in [4.69, 9.17) is 10.2 Å². The zero-order valence-corrected chi connectivity index (χ0v) is 5.95. The molecule has 4 nitrogen and oxygen atoms in total. The highest BCUT2D eigenvalue weighted by Gasteiger charge is 1.83. The molecule has 0 rings (SSSR count). The number of rotatable bonds is 2. The average molecular weight is 147 g/mol. The molecule has 1 atom stereocenters. The van der Waals surface area contributed by atoms with Gasteiger partial charge in [0, 0.05) is 0 Å². The molecule has 0 heterocycles. The van der Waals surface area contributed by atoms with Gasteiger partial charge in [0.15, 0.2) is 0 Å². The molecule has 60 valence electrons. The maximum atomic E-state index is 9.47. The van der Waals surface area contributed by atoms with Gasteiger partial charge < -0.3 is 15.9 Å². The predicted octanol–water partition coefficient (Wildman–Crippen LogP) is -0.983. The number of hydrogen-bond acceptors (Lipinski definition) is 3. The smallest absolute Gasteiger partial charge is 0.240 e. The van der Waals surface area contributed by atoms with Crippen LogP contribution < -0.4 is 5.73 Å². The molecule has 0 aromatic carbocycles. The summed E-state index contributed by atoms with van der Waals surface area (Å²) in [4.78, 5) is 9.47. The minimum atomic E-state index is -0.560. The molecule has 0 aliphatic heterocycles. The van der Waals surface area contributed by atoms with Crippen molar-refractivity contribution in [2.75, 3.05) is 6.61 Å². The Morgan fingerprint density at radius 1 is 1.90 bits per heavy atom. The fraction of sp³-hybridized carbons (Fsp3) is 0.500. The standard InChI is InChI=1S/C3H5NO.C3H8O2/c1-2-3(4)5;1-3(5)2-4/h2H,1H2,(H2,4,5);3-5H,2H2,1H3. The summed E-state index contributed by atoms with van der Waals surface area (Å²) in [6.45, 7) is 4.47. The summed E-state index contributed by atoms with van der Waals surface area (Å²) >= 11 is 0. The Kier molecular flexibility index (Phi) is 9.65. The number of aliphatic hydroxyl groups is 2. The maximum absolute atomic E-state index is 9.47. The first-order chi connectivity index (χ1) is 4.54. The second kappa shape index (κ2) is 8.13. The first-order valence-electron chi connectivity index (χ1n) is 2.75. The first-order valence-corrected chi connectivity index (χ1v) is 2.75. The van der Waals surface area contributed by atoms with Crippen LogP contribution in [-0.4, -0.2) is 28.8 Å². The normalized spacial score (nSPS) is 10.7. The van der Waals surface area contributed by atoms with Gasteiger partial charge in [-0.15, -0.1) is 0 Å². The van der Waals surface area contributed by atoms with Crippen LogP contribution in [0, 0.1) is 0 Å². The minimum Gasteiger partial charge on any atom is -0.394 e. The number of carbonyl (C=O) groups excluding carboxylic acids is 1. The van der Waals surface area contributed by atoms with Crippen molar-refractivity contribution in [1.82, 2.24) is 0 Å². The van der Waals surface area contributed by atoms with Crippen LogP contribution >= 0.6 is 0 Å². The summed E-state index contributed by atoms with van der Waals surface area (Å²) in [5, 5.41) is 16.0. The summed E-state index contributed by atoms with van der Waals surface area (Å²) < 4.78 is 0. The topological polar surface area (TPSA) is 83.6 Å². The zero-order chi connectivity index (χ0) is 8.57. The zero-order valence-electron chi connectivity index (χ0n) is 5.95. The molecule has 0 saturated heterocycles. The third-order valence-electron chi connectivity index (χ3n) is 0.465. The fourth-order valence-electron chi connectivity index (χ4n) is 0. The number of hydrogen-bond donors (Lipinski definition) is 3. The molecule has 0 radical (unpaired) electrons. The molecule has 0 saturated carbocycles. The lowest BCUT2D eigenvalue weighted by Crippen LogP contribution is -2.04. The van der Waals surface area contributed by atoms with E-state index in [9.17, 15) is 4.79 Å². The number of amides is 1. The third kappa shape index (κ3) is 27.3. The SMILES string of the molecule is C=CC(N)=O.CC(O)CO. The molecule has 0 aliphatic rings. The highest BCUT2D eigenvalue weighted by molar-refractivity contribution is 5.84. The highest BCUT2D eigenvalue weighted by atomic mass is 16.3. The summed E-state index contributed by atoms with van der Waals surface area (Å²) in [5.74, 6) is -0.481. The first kappa shape index (κ1) is 11.9. The van der Waals surface area contributed by atoms with E-state index in [1.807, 2.05) is 0 Å². The average Bonchev–Trinajstić information content (AvgIpc) is 1.89. The van der Waals surface area contributed by atoms with Gasteiger partial charge in [0.05, 0.1) is 12.7 Å². The van der Waals surface area contributed by atoms with Crippen molar-refractivity contribution < 1.29 is 15.0 Å². The van der Waals surface area contributed by atoms with Crippen LogP contribution in [-0.2, 0) is 4.79 Å². The van der Waals surface area contributed by atoms with E-state index in [2.05, 4.69) is 12.3 Å². The number of aliphatic hydroxyl groups excluding tert-OH is 2. The van der Waals surface area contributed by atoms with Gasteiger partial charge in [-0.3, -0.25) is 4.79 Å². The van der Waals surface area contributed by atoms with Crippen LogP contribution in [0.25, 0.3) is 0 Å². The summed E-state index contributed by atoms with van der Waals surface area (Å²) in [6, 6.07) is 0. The van der Waals surface area contributed by atoms with Crippen LogP contribution in [0.5, 0.6) is 0 Å². The van der Waals surface area contributed by atoms with Crippen molar-refractivity contribution in [2.45, 2.75) is 13.0 Å². The van der Waals surface area contributed by atoms with Crippen molar-refractivity contribution in [3.63, 3.8) is 0 Å². The van der Waals surface area contributed by atoms with Crippen molar-refractivity contribution >= 4 is 5.91 Å². The van der Waals surface area contributed by atoms with E-state index in [0.717, 1.165) is 6.08 Å². The summed E-state index contributed by atoms with van der Waals surface area (Å²) in [7, 11) is 0. The minimum absolute atomic E-state index is 0.139. The molecule has 1 unspecified atom stereocenters. The van der Waals surface area contributed by atoms with Gasteiger partial charge in [-0.1, -0.05) is 6.58 Å². The van der Waals surface area contributed by atoms with Crippen LogP contribution in [0.4, 0.5) is 0 Å². The highest BCUT2D eigenvalue weighted by Crippen LogP contribution is 1.68. The number of primary amides is 1. The molecule has 4 N–H and O–H groups in total. The molecule has 0 aromatic rings. The van der Waals surface area contributed by atoms with Gasteiger partial charge in [0.2, 0.25) is 5.91 Å². The van der Waals surface area contributed by atoms with E-state index in [0.29, 0.717) is 0 Å². The van der Waals surface area contributed by atoms with E-state index in [-0.39, 0.29) is 6.61 Å². The van der Waals surface area contributed by atoms with Crippen LogP contribution in [0.3, 0.4) is 0 Å². The van der Waals surface area contributed by atoms with Crippen molar-refractivity contribution in [3.05, 3.63) is 12.7 Å². The second-order valence-electron chi connectivity index (χ2n) is 1.64. The molecule has 0 spiro atoms. The van der Waals surface area contributed by atoms with Crippen LogP contribution in [0.1, 0.15) is 6.92 Å². The Balaban J connectivity index is 0. The molecule has 4 heteroatoms. The summed E-state index contributed by atoms with van der Waals surface area (Å²) in [6.07, 6.45) is 0.495. The van der Waals surface area contributed by atoms with Gasteiger partial charge in [0.25, 0.3) is 0 Å². The molecule has 1 amide bonds. The second-order valence-corrected chi connectivity index (χ2v) is 1.64. The molecular weight excluding hydrogens is 134 g/mol. The molecule has 0 aromatic heterocycles. The lowest BCUT2D eigenvalue weighted by atomic mass is 10.5. The Morgan fingerprint density at radius 2 is 2.10 bits per heavy atom. The quantitative estimate of drug-likeness (QED) is 0.439. The molecule has 10 heavy (non-hydrogen) atoms. The molecule has 0 aliphatic carbocycles. The van der Waals surface area contributed by atoms with Crippen molar-refractivity contribution in [1.29, 1.82) is 0 Å². The van der Waals surface area contributed by atoms with Gasteiger partial charge in [0.1, 0.15) is 0 Å². The van der Waals surface area contributed by atoms with E-state index in [1.165, 1.54) is 6.92 Å². The third-order valence-corrected chi connectivity index (χ3v) is 0.465. The lowest BCUT2D eigenvalue weighted by Gasteiger charge is -1.90. The predicted molar refractivity (Wildman–Crippen MR) is 38.2 cm³/mol. The number of carbonyl (C=O) groups is 1. The van der Waals surface area contributed by atoms with Gasteiger partial charge in [-0.2, -0.15) is 0 Å². The van der Waals surface area contributed by atoms with Crippen LogP contribution in [0.15, 0.2) is 12.7 Å². The van der Waals surface area contributed by atoms with E-state index in [1.54, 1.807) is 0 Å². The lowest BCUT2D eigenvalue weighted by molar-refractivity contribution is -0.113. The van der Waals surface area contributed by atoms with Crippen molar-refractivity contribution in [2.24, 2.45) is 5.73 Å². The molecule has 0 bridgehead atoms. The Labute approximate surface area is 60.0 Å². The Bertz CT molecular complexity index is 101. The maximum Gasteiger partial charge on any atom is 0.240 e. The summed E-state index contributed by atoms with van der Waals surface area (Å²) in [5.41, 5.74) is 4.53. The monoisotopic (exact) mass is 147 g/mol. The Hall–Kier alpha value is -0.870. The van der Waals surface area contributed by atoms with Crippen LogP contribution in [0.2, 0.25) is 0 Å². The number of nitrogens with two attached hydrogens (primary N) is 1. The largest absolute Gasteiger partial charge is 0.394 e. The molecular formula is C6H13NO3. The van der Waals surface area contributed by atoms with Gasteiger partial charge in [-0.25, -0.2) is 0 Å². The van der Waals surface area contributed by atoms with Gasteiger partial charge >= 0.3 is 0 Å². The van der Waals surface area contributed by atoms with E-state index < -0.39 is 12.0 Å². The molecule has 0 fully saturated rings. The van der Waals surface area contributed by atoms with Gasteiger partial charge in [-0.05, 0) is 13.0 Å². The Morgan fingerprint density at radius 3 is 2.10 bits per heavy atom. The fourth-order valence-corrected chi connectivity index (χ4v) is 0.